The molecular formula is C27H37N3O5S. The molecule has 0 aliphatic rings. The zero-order valence-corrected chi connectivity index (χ0v) is 22.5. The predicted octanol–water partition coefficient (Wildman–Crippen LogP) is 3.42. The second-order valence-electron chi connectivity index (χ2n) is 8.94. The predicted molar refractivity (Wildman–Crippen MR) is 142 cm³/mol. The van der Waals surface area contributed by atoms with Crippen molar-refractivity contribution in [3.63, 3.8) is 0 Å². The molecule has 2 rings (SSSR count). The number of hydrogen-bond donors (Lipinski definition) is 1. The largest absolute Gasteiger partial charge is 0.352 e. The topological polar surface area (TPSA) is 104 Å². The van der Waals surface area contributed by atoms with Gasteiger partial charge >= 0.3 is 0 Å². The van der Waals surface area contributed by atoms with Crippen LogP contribution in [0.5, 0.6) is 0 Å². The number of rotatable bonds is 13. The van der Waals surface area contributed by atoms with Gasteiger partial charge < -0.3 is 10.2 Å². The Bertz CT molecular complexity index is 1150. The highest BCUT2D eigenvalue weighted by atomic mass is 32.2. The molecule has 0 aliphatic heterocycles. The van der Waals surface area contributed by atoms with E-state index < -0.39 is 28.5 Å². The maximum Gasteiger partial charge on any atom is 0.244 e. The van der Waals surface area contributed by atoms with E-state index in [1.165, 1.54) is 17.9 Å². The zero-order chi connectivity index (χ0) is 26.9. The molecule has 0 spiro atoms. The lowest BCUT2D eigenvalue weighted by Crippen LogP contribution is -2.54. The maximum absolute atomic E-state index is 13.6. The average molecular weight is 516 g/mol. The van der Waals surface area contributed by atoms with Crippen molar-refractivity contribution >= 4 is 33.3 Å². The van der Waals surface area contributed by atoms with Crippen molar-refractivity contribution in [1.82, 2.24) is 10.2 Å². The first-order chi connectivity index (χ1) is 17.0. The van der Waals surface area contributed by atoms with E-state index in [4.69, 9.17) is 0 Å². The molecule has 0 bridgehead atoms. The molecule has 196 valence electrons. The summed E-state index contributed by atoms with van der Waals surface area (Å²) in [6.07, 6.45) is 2.65. The van der Waals surface area contributed by atoms with E-state index in [-0.39, 0.29) is 30.0 Å². The van der Waals surface area contributed by atoms with Crippen molar-refractivity contribution in [3.05, 3.63) is 65.7 Å². The van der Waals surface area contributed by atoms with Crippen molar-refractivity contribution in [1.29, 1.82) is 0 Å². The highest BCUT2D eigenvalue weighted by Gasteiger charge is 2.31. The molecule has 0 radical (unpaired) electrons. The molecule has 2 aromatic rings. The fourth-order valence-corrected chi connectivity index (χ4v) is 4.67. The molecule has 1 N–H and O–H groups in total. The van der Waals surface area contributed by atoms with Gasteiger partial charge in [-0.05, 0) is 50.8 Å². The number of amides is 2. The molecule has 2 amide bonds. The summed E-state index contributed by atoms with van der Waals surface area (Å²) in [6, 6.07) is 15.0. The number of carbonyl (C=O) groups is 3. The molecule has 2 aromatic carbocycles. The van der Waals surface area contributed by atoms with Crippen LogP contribution in [0, 0.1) is 0 Å². The van der Waals surface area contributed by atoms with Crippen LogP contribution in [-0.2, 0) is 26.0 Å². The number of ketones is 1. The van der Waals surface area contributed by atoms with Gasteiger partial charge in [0.05, 0.1) is 11.9 Å². The van der Waals surface area contributed by atoms with Crippen LogP contribution < -0.4 is 9.62 Å². The van der Waals surface area contributed by atoms with Gasteiger partial charge in [0, 0.05) is 18.2 Å². The Kier molecular flexibility index (Phi) is 10.6. The summed E-state index contributed by atoms with van der Waals surface area (Å²) < 4.78 is 26.4. The van der Waals surface area contributed by atoms with Gasteiger partial charge in [-0.1, -0.05) is 56.3 Å². The Labute approximate surface area is 214 Å². The van der Waals surface area contributed by atoms with Crippen LogP contribution in [0.1, 0.15) is 56.5 Å². The van der Waals surface area contributed by atoms with E-state index in [2.05, 4.69) is 5.32 Å². The lowest BCUT2D eigenvalue weighted by molar-refractivity contribution is -0.139. The Morgan fingerprint density at radius 2 is 1.64 bits per heavy atom. The summed E-state index contributed by atoms with van der Waals surface area (Å²) in [5, 5.41) is 2.95. The Balaban J connectivity index is 2.40. The van der Waals surface area contributed by atoms with Gasteiger partial charge in [0.2, 0.25) is 21.8 Å². The summed E-state index contributed by atoms with van der Waals surface area (Å²) in [4.78, 5) is 40.1. The highest BCUT2D eigenvalue weighted by molar-refractivity contribution is 7.92. The standard InChI is InChI=1S/C27H37N3O5S/c1-6-20(3)28-27(33)25(7-2)29(17-16-22-12-9-8-10-13-22)26(32)19-30(36(5,34)35)24-15-11-14-23(18-24)21(4)31/h8-15,18,20,25H,6-7,16-17,19H2,1-5H3,(H,28,33)/t20-,25-/m1/s1. The third-order valence-electron chi connectivity index (χ3n) is 6.09. The highest BCUT2D eigenvalue weighted by Crippen LogP contribution is 2.21. The molecule has 0 saturated carbocycles. The Morgan fingerprint density at radius 1 is 0.972 bits per heavy atom. The minimum Gasteiger partial charge on any atom is -0.352 e. The average Bonchev–Trinajstić information content (AvgIpc) is 2.84. The smallest absolute Gasteiger partial charge is 0.244 e. The van der Waals surface area contributed by atoms with E-state index in [9.17, 15) is 22.8 Å². The molecule has 0 aromatic heterocycles. The number of carbonyl (C=O) groups excluding carboxylic acids is 3. The van der Waals surface area contributed by atoms with Gasteiger partial charge in [0.15, 0.2) is 5.78 Å². The van der Waals surface area contributed by atoms with Gasteiger partial charge in [-0.3, -0.25) is 18.7 Å². The summed E-state index contributed by atoms with van der Waals surface area (Å²) in [7, 11) is -3.86. The summed E-state index contributed by atoms with van der Waals surface area (Å²) in [5.41, 5.74) is 1.56. The lowest BCUT2D eigenvalue weighted by Gasteiger charge is -2.33. The SMILES string of the molecule is CC[C@@H](C)NC(=O)[C@@H](CC)N(CCc1ccccc1)C(=O)CN(c1cccc(C(C)=O)c1)S(C)(=O)=O. The normalized spacial score (nSPS) is 12.9. The fourth-order valence-electron chi connectivity index (χ4n) is 3.83. The molecule has 2 atom stereocenters. The number of sulfonamides is 1. The quantitative estimate of drug-likeness (QED) is 0.412. The first-order valence-electron chi connectivity index (χ1n) is 12.2. The number of nitrogens with one attached hydrogen (secondary N) is 1. The molecule has 36 heavy (non-hydrogen) atoms. The zero-order valence-electron chi connectivity index (χ0n) is 21.7. The lowest BCUT2D eigenvalue weighted by atomic mass is 10.1. The van der Waals surface area contributed by atoms with Crippen molar-refractivity contribution in [2.75, 3.05) is 23.7 Å². The van der Waals surface area contributed by atoms with Crippen molar-refractivity contribution in [2.45, 2.75) is 59.0 Å². The van der Waals surface area contributed by atoms with Crippen LogP contribution in [0.2, 0.25) is 0 Å². The molecule has 9 heteroatoms. The molecular weight excluding hydrogens is 478 g/mol. The van der Waals surface area contributed by atoms with Crippen LogP contribution in [0.4, 0.5) is 5.69 Å². The third kappa shape index (κ3) is 8.19. The Hall–Kier alpha value is -3.20. The minimum atomic E-state index is -3.86. The number of nitrogens with zero attached hydrogens (tertiary/aromatic N) is 2. The second kappa shape index (κ2) is 13.2. The molecule has 0 aliphatic carbocycles. The third-order valence-corrected chi connectivity index (χ3v) is 7.23. The van der Waals surface area contributed by atoms with Crippen molar-refractivity contribution < 1.29 is 22.8 Å². The minimum absolute atomic E-state index is 0.0561. The van der Waals surface area contributed by atoms with E-state index >= 15 is 0 Å². The van der Waals surface area contributed by atoms with E-state index in [1.807, 2.05) is 51.1 Å². The van der Waals surface area contributed by atoms with Crippen LogP contribution >= 0.6 is 0 Å². The molecule has 8 nitrogen and oxygen atoms in total. The van der Waals surface area contributed by atoms with E-state index in [1.54, 1.807) is 18.2 Å². The van der Waals surface area contributed by atoms with Crippen LogP contribution in [0.3, 0.4) is 0 Å². The second-order valence-corrected chi connectivity index (χ2v) is 10.8. The number of hydrogen-bond acceptors (Lipinski definition) is 5. The number of anilines is 1. The van der Waals surface area contributed by atoms with Gasteiger partial charge in [-0.2, -0.15) is 0 Å². The van der Waals surface area contributed by atoms with Crippen LogP contribution in [0.15, 0.2) is 54.6 Å². The van der Waals surface area contributed by atoms with Crippen molar-refractivity contribution in [2.24, 2.45) is 0 Å². The Morgan fingerprint density at radius 3 is 2.19 bits per heavy atom. The van der Waals surface area contributed by atoms with Crippen LogP contribution in [0.25, 0.3) is 0 Å². The first kappa shape index (κ1) is 29.0. The van der Waals surface area contributed by atoms with Gasteiger partial charge in [-0.25, -0.2) is 8.42 Å². The van der Waals surface area contributed by atoms with E-state index in [0.29, 0.717) is 18.4 Å². The first-order valence-corrected chi connectivity index (χ1v) is 14.0. The van der Waals surface area contributed by atoms with Gasteiger partial charge in [-0.15, -0.1) is 0 Å². The molecule has 0 fully saturated rings. The van der Waals surface area contributed by atoms with Crippen LogP contribution in [-0.4, -0.2) is 62.3 Å². The van der Waals surface area contributed by atoms with Gasteiger partial charge in [0.1, 0.15) is 12.6 Å². The number of benzene rings is 2. The summed E-state index contributed by atoms with van der Waals surface area (Å²) in [6.45, 7) is 6.84. The molecule has 0 unspecified atom stereocenters. The summed E-state index contributed by atoms with van der Waals surface area (Å²) >= 11 is 0. The molecule has 0 heterocycles. The molecule has 0 saturated heterocycles. The van der Waals surface area contributed by atoms with Crippen molar-refractivity contribution in [3.8, 4) is 0 Å². The summed E-state index contributed by atoms with van der Waals surface area (Å²) in [5.74, 6) is -0.970. The fraction of sp³-hybridized carbons (Fsp3) is 0.444. The van der Waals surface area contributed by atoms with Gasteiger partial charge in [0.25, 0.3) is 0 Å². The number of Topliss-reactive ketones (excluding diaryl/α,β-unsaturated/α-hetero) is 1. The monoisotopic (exact) mass is 515 g/mol. The van der Waals surface area contributed by atoms with E-state index in [0.717, 1.165) is 22.5 Å². The maximum atomic E-state index is 13.6.